The van der Waals surface area contributed by atoms with Crippen molar-refractivity contribution in [3.63, 3.8) is 0 Å². The number of nitrogens with one attached hydrogen (secondary N) is 1. The molecule has 0 bridgehead atoms. The van der Waals surface area contributed by atoms with Crippen molar-refractivity contribution in [1.29, 1.82) is 0 Å². The minimum Gasteiger partial charge on any atom is -0.394 e. The molecule has 1 atom stereocenters. The molecule has 0 saturated heterocycles. The predicted octanol–water partition coefficient (Wildman–Crippen LogP) is 3.03. The van der Waals surface area contributed by atoms with Gasteiger partial charge in [0.05, 0.1) is 6.61 Å². The Morgan fingerprint density at radius 3 is 2.19 bits per heavy atom. The molecule has 2 saturated carbocycles. The maximum Gasteiger partial charge on any atom is 0.0610 e. The summed E-state index contributed by atoms with van der Waals surface area (Å²) in [6.45, 7) is 9.56. The molecule has 2 N–H and O–H groups in total. The van der Waals surface area contributed by atoms with Gasteiger partial charge in [0.1, 0.15) is 0 Å². The summed E-state index contributed by atoms with van der Waals surface area (Å²) < 4.78 is 0. The summed E-state index contributed by atoms with van der Waals surface area (Å²) in [7, 11) is 0. The highest BCUT2D eigenvalue weighted by Gasteiger charge is 2.29. The van der Waals surface area contributed by atoms with E-state index in [2.05, 4.69) is 24.1 Å². The second-order valence-electron chi connectivity index (χ2n) is 7.75. The third kappa shape index (κ3) is 7.12. The molecule has 2 aliphatic rings. The second kappa shape index (κ2) is 8.50. The molecule has 0 aliphatic heterocycles. The quantitative estimate of drug-likeness (QED) is 0.513. The van der Waals surface area contributed by atoms with Crippen molar-refractivity contribution in [3.05, 3.63) is 0 Å². The monoisotopic (exact) mass is 296 g/mol. The van der Waals surface area contributed by atoms with E-state index in [1.807, 2.05) is 0 Å². The number of rotatable bonds is 13. The van der Waals surface area contributed by atoms with Crippen LogP contribution in [0.4, 0.5) is 0 Å². The van der Waals surface area contributed by atoms with Crippen LogP contribution in [0.3, 0.4) is 0 Å². The average Bonchev–Trinajstić information content (AvgIpc) is 3.37. The Morgan fingerprint density at radius 1 is 1.10 bits per heavy atom. The van der Waals surface area contributed by atoms with E-state index in [9.17, 15) is 5.11 Å². The van der Waals surface area contributed by atoms with Crippen LogP contribution in [0.2, 0.25) is 0 Å². The molecule has 2 rings (SSSR count). The standard InChI is InChI=1S/C18H36N2O/c1-3-11-19-18(2,15-21)10-4-5-12-20(13-16-6-7-16)14-17-8-9-17/h16-17,19,21H,3-15H2,1-2H3. The highest BCUT2D eigenvalue weighted by Crippen LogP contribution is 2.33. The molecule has 124 valence electrons. The summed E-state index contributed by atoms with van der Waals surface area (Å²) in [5, 5.41) is 13.1. The van der Waals surface area contributed by atoms with Crippen molar-refractivity contribution < 1.29 is 5.11 Å². The minimum absolute atomic E-state index is 0.0756. The molecule has 0 amide bonds. The first-order valence-electron chi connectivity index (χ1n) is 9.23. The fraction of sp³-hybridized carbons (Fsp3) is 1.00. The van der Waals surface area contributed by atoms with Gasteiger partial charge in [-0.05, 0) is 76.8 Å². The van der Waals surface area contributed by atoms with Gasteiger partial charge >= 0.3 is 0 Å². The third-order valence-corrected chi connectivity index (χ3v) is 5.03. The molecule has 1 unspecified atom stereocenters. The summed E-state index contributed by atoms with van der Waals surface area (Å²) in [5.74, 6) is 2.02. The Balaban J connectivity index is 1.60. The molecule has 3 heteroatoms. The molecule has 2 fully saturated rings. The molecule has 0 radical (unpaired) electrons. The van der Waals surface area contributed by atoms with E-state index in [1.165, 1.54) is 58.2 Å². The lowest BCUT2D eigenvalue weighted by Gasteiger charge is -2.29. The van der Waals surface area contributed by atoms with Crippen LogP contribution in [0.15, 0.2) is 0 Å². The van der Waals surface area contributed by atoms with Crippen molar-refractivity contribution in [1.82, 2.24) is 10.2 Å². The van der Waals surface area contributed by atoms with Crippen LogP contribution >= 0.6 is 0 Å². The van der Waals surface area contributed by atoms with Crippen LogP contribution in [0.1, 0.15) is 65.2 Å². The van der Waals surface area contributed by atoms with Gasteiger partial charge in [-0.2, -0.15) is 0 Å². The predicted molar refractivity (Wildman–Crippen MR) is 89.5 cm³/mol. The number of aliphatic hydroxyl groups is 1. The van der Waals surface area contributed by atoms with Crippen LogP contribution < -0.4 is 5.32 Å². The van der Waals surface area contributed by atoms with Gasteiger partial charge in [0, 0.05) is 18.6 Å². The number of nitrogens with zero attached hydrogens (tertiary/aromatic N) is 1. The first kappa shape index (κ1) is 17.2. The van der Waals surface area contributed by atoms with E-state index < -0.39 is 0 Å². The topological polar surface area (TPSA) is 35.5 Å². The molecule has 0 aromatic carbocycles. The fourth-order valence-electron chi connectivity index (χ4n) is 3.09. The van der Waals surface area contributed by atoms with Crippen LogP contribution in [0.5, 0.6) is 0 Å². The van der Waals surface area contributed by atoms with E-state index in [1.54, 1.807) is 0 Å². The Morgan fingerprint density at radius 2 is 1.71 bits per heavy atom. The largest absolute Gasteiger partial charge is 0.394 e. The summed E-state index contributed by atoms with van der Waals surface area (Å²) in [5.41, 5.74) is -0.0756. The Kier molecular flexibility index (Phi) is 6.97. The number of unbranched alkanes of at least 4 members (excludes halogenated alkanes) is 1. The van der Waals surface area contributed by atoms with E-state index in [0.29, 0.717) is 0 Å². The molecule has 3 nitrogen and oxygen atoms in total. The van der Waals surface area contributed by atoms with Gasteiger partial charge in [-0.15, -0.1) is 0 Å². The lowest BCUT2D eigenvalue weighted by Crippen LogP contribution is -2.46. The Bertz CT molecular complexity index is 275. The van der Waals surface area contributed by atoms with Crippen molar-refractivity contribution in [3.8, 4) is 0 Å². The van der Waals surface area contributed by atoms with Crippen molar-refractivity contribution in [2.75, 3.05) is 32.8 Å². The van der Waals surface area contributed by atoms with Crippen LogP contribution in [0, 0.1) is 11.8 Å². The molecule has 0 aromatic heterocycles. The van der Waals surface area contributed by atoms with Gasteiger partial charge in [-0.25, -0.2) is 0 Å². The average molecular weight is 296 g/mol. The molecule has 2 aliphatic carbocycles. The van der Waals surface area contributed by atoms with E-state index in [0.717, 1.165) is 31.2 Å². The fourth-order valence-corrected chi connectivity index (χ4v) is 3.09. The molecule has 0 aromatic rings. The van der Waals surface area contributed by atoms with Gasteiger partial charge in [-0.3, -0.25) is 0 Å². The molecular formula is C18H36N2O. The second-order valence-corrected chi connectivity index (χ2v) is 7.75. The van der Waals surface area contributed by atoms with E-state index in [4.69, 9.17) is 0 Å². The normalized spacial score (nSPS) is 21.7. The SMILES string of the molecule is CCCNC(C)(CO)CCCCN(CC1CC1)CC1CC1. The molecular weight excluding hydrogens is 260 g/mol. The summed E-state index contributed by atoms with van der Waals surface area (Å²) in [4.78, 5) is 2.73. The highest BCUT2D eigenvalue weighted by molar-refractivity contribution is 4.84. The van der Waals surface area contributed by atoms with Crippen LogP contribution in [0.25, 0.3) is 0 Å². The van der Waals surface area contributed by atoms with Gasteiger partial charge < -0.3 is 15.3 Å². The van der Waals surface area contributed by atoms with Gasteiger partial charge in [0.25, 0.3) is 0 Å². The lowest BCUT2D eigenvalue weighted by molar-refractivity contribution is 0.160. The zero-order chi connectivity index (χ0) is 15.1. The maximum atomic E-state index is 9.60. The van der Waals surface area contributed by atoms with Gasteiger partial charge in [0.15, 0.2) is 0 Å². The van der Waals surface area contributed by atoms with Gasteiger partial charge in [0.2, 0.25) is 0 Å². The van der Waals surface area contributed by atoms with E-state index in [-0.39, 0.29) is 12.1 Å². The lowest BCUT2D eigenvalue weighted by atomic mass is 9.95. The summed E-state index contributed by atoms with van der Waals surface area (Å²) in [6, 6.07) is 0. The smallest absolute Gasteiger partial charge is 0.0610 e. The zero-order valence-corrected chi connectivity index (χ0v) is 14.2. The Hall–Kier alpha value is -0.120. The zero-order valence-electron chi connectivity index (χ0n) is 14.2. The summed E-state index contributed by atoms with van der Waals surface area (Å²) >= 11 is 0. The highest BCUT2D eigenvalue weighted by atomic mass is 16.3. The molecule has 0 spiro atoms. The van der Waals surface area contributed by atoms with Crippen LogP contribution in [-0.2, 0) is 0 Å². The first-order valence-corrected chi connectivity index (χ1v) is 9.23. The minimum atomic E-state index is -0.0756. The Labute approximate surface area is 131 Å². The molecule has 21 heavy (non-hydrogen) atoms. The van der Waals surface area contributed by atoms with Crippen molar-refractivity contribution >= 4 is 0 Å². The molecule has 0 heterocycles. The number of hydrogen-bond acceptors (Lipinski definition) is 3. The van der Waals surface area contributed by atoms with Crippen molar-refractivity contribution in [2.24, 2.45) is 11.8 Å². The van der Waals surface area contributed by atoms with Crippen LogP contribution in [-0.4, -0.2) is 48.3 Å². The summed E-state index contributed by atoms with van der Waals surface area (Å²) in [6.07, 6.45) is 10.6. The number of aliphatic hydroxyl groups excluding tert-OH is 1. The van der Waals surface area contributed by atoms with Crippen molar-refractivity contribution in [2.45, 2.75) is 70.8 Å². The number of hydrogen-bond donors (Lipinski definition) is 2. The van der Waals surface area contributed by atoms with Gasteiger partial charge in [-0.1, -0.05) is 13.3 Å². The van der Waals surface area contributed by atoms with E-state index >= 15 is 0 Å². The first-order chi connectivity index (χ1) is 10.1. The third-order valence-electron chi connectivity index (χ3n) is 5.03. The maximum absolute atomic E-state index is 9.60.